The molecule has 0 saturated heterocycles. The molecule has 5 unspecified atom stereocenters. The van der Waals surface area contributed by atoms with E-state index in [0.29, 0.717) is 0 Å². The molecule has 0 bridgehead atoms. The first-order valence-corrected chi connectivity index (χ1v) is 5.71. The topological polar surface area (TPSA) is 0 Å². The molecular formula is C12H18. The molecule has 4 saturated carbocycles. The van der Waals surface area contributed by atoms with Crippen molar-refractivity contribution in [3.8, 4) is 0 Å². The zero-order valence-electron chi connectivity index (χ0n) is 8.19. The largest absolute Gasteiger partial charge is 0.0651 e. The molecule has 0 N–H and O–H groups in total. The molecular weight excluding hydrogens is 144 g/mol. The predicted molar refractivity (Wildman–Crippen MR) is 48.7 cm³/mol. The van der Waals surface area contributed by atoms with E-state index in [0.717, 1.165) is 28.1 Å². The fourth-order valence-corrected chi connectivity index (χ4v) is 5.02. The SMILES string of the molecule is CCC1CC12CC21CC12CC2C. The van der Waals surface area contributed by atoms with Gasteiger partial charge in [0, 0.05) is 0 Å². The van der Waals surface area contributed by atoms with Gasteiger partial charge in [-0.1, -0.05) is 20.3 Å². The Balaban J connectivity index is 1.63. The second-order valence-electron chi connectivity index (χ2n) is 6.16. The third kappa shape index (κ3) is 0.383. The van der Waals surface area contributed by atoms with Gasteiger partial charge in [-0.2, -0.15) is 0 Å². The summed E-state index contributed by atoms with van der Waals surface area (Å²) in [4.78, 5) is 0. The molecule has 4 rings (SSSR count). The van der Waals surface area contributed by atoms with E-state index in [9.17, 15) is 0 Å². The van der Waals surface area contributed by atoms with Crippen molar-refractivity contribution in [2.45, 2.75) is 46.0 Å². The standard InChI is InChI=1S/C12H18/c1-3-9-5-11(9)7-12(11)6-10(12)4-8(10)2/h8-9H,3-7H2,1-2H3. The summed E-state index contributed by atoms with van der Waals surface area (Å²) in [6.07, 6.45) is 7.94. The molecule has 4 aliphatic rings. The van der Waals surface area contributed by atoms with Crippen molar-refractivity contribution in [3.05, 3.63) is 0 Å². The number of rotatable bonds is 1. The minimum absolute atomic E-state index is 0.941. The van der Waals surface area contributed by atoms with E-state index in [1.165, 1.54) is 6.42 Å². The van der Waals surface area contributed by atoms with Gasteiger partial charge in [0.15, 0.2) is 0 Å². The molecule has 0 heteroatoms. The molecule has 0 aliphatic heterocycles. The maximum atomic E-state index is 2.48. The van der Waals surface area contributed by atoms with Crippen LogP contribution in [0.4, 0.5) is 0 Å². The van der Waals surface area contributed by atoms with Crippen molar-refractivity contribution < 1.29 is 0 Å². The van der Waals surface area contributed by atoms with Crippen molar-refractivity contribution in [1.82, 2.24) is 0 Å². The maximum Gasteiger partial charge on any atom is -0.0167 e. The monoisotopic (exact) mass is 162 g/mol. The Morgan fingerprint density at radius 2 is 1.83 bits per heavy atom. The lowest BCUT2D eigenvalue weighted by Crippen LogP contribution is -1.88. The quantitative estimate of drug-likeness (QED) is 0.555. The van der Waals surface area contributed by atoms with Crippen LogP contribution in [0.1, 0.15) is 46.0 Å². The number of fused-ring (bicyclic) bond motifs is 2. The van der Waals surface area contributed by atoms with Crippen LogP contribution in [0.5, 0.6) is 0 Å². The number of hydrogen-bond donors (Lipinski definition) is 0. The van der Waals surface area contributed by atoms with Crippen LogP contribution < -0.4 is 0 Å². The average molecular weight is 162 g/mol. The normalized spacial score (nSPS) is 75.5. The summed E-state index contributed by atoms with van der Waals surface area (Å²) in [6, 6.07) is 0. The lowest BCUT2D eigenvalue weighted by molar-refractivity contribution is 0.546. The van der Waals surface area contributed by atoms with Gasteiger partial charge >= 0.3 is 0 Å². The summed E-state index contributed by atoms with van der Waals surface area (Å²) in [5, 5.41) is 0. The van der Waals surface area contributed by atoms with E-state index >= 15 is 0 Å². The van der Waals surface area contributed by atoms with E-state index in [2.05, 4.69) is 13.8 Å². The van der Waals surface area contributed by atoms with Crippen LogP contribution in [0.3, 0.4) is 0 Å². The van der Waals surface area contributed by atoms with Crippen molar-refractivity contribution >= 4 is 0 Å². The molecule has 0 aromatic rings. The molecule has 0 radical (unpaired) electrons. The second kappa shape index (κ2) is 1.31. The van der Waals surface area contributed by atoms with Gasteiger partial charge in [0.1, 0.15) is 0 Å². The van der Waals surface area contributed by atoms with Gasteiger partial charge in [-0.3, -0.25) is 0 Å². The molecule has 66 valence electrons. The highest BCUT2D eigenvalue weighted by Gasteiger charge is 2.96. The maximum absolute atomic E-state index is 2.48. The lowest BCUT2D eigenvalue weighted by atomic mass is 10.1. The molecule has 0 nitrogen and oxygen atoms in total. The van der Waals surface area contributed by atoms with Crippen molar-refractivity contribution in [2.24, 2.45) is 28.1 Å². The summed E-state index contributed by atoms with van der Waals surface area (Å²) in [5.41, 5.74) is 2.85. The highest BCUT2D eigenvalue weighted by atomic mass is 15.0. The van der Waals surface area contributed by atoms with Gasteiger partial charge in [0.2, 0.25) is 0 Å². The van der Waals surface area contributed by atoms with Crippen LogP contribution in [-0.4, -0.2) is 0 Å². The fourth-order valence-electron chi connectivity index (χ4n) is 5.02. The Labute approximate surface area is 74.7 Å². The molecule has 0 aromatic carbocycles. The Bertz CT molecular complexity index is 282. The fraction of sp³-hybridized carbons (Fsp3) is 1.00. The Morgan fingerprint density at radius 1 is 1.17 bits per heavy atom. The minimum Gasteiger partial charge on any atom is -0.0651 e. The Morgan fingerprint density at radius 3 is 2.25 bits per heavy atom. The summed E-state index contributed by atoms with van der Waals surface area (Å²) in [7, 11) is 0. The zero-order chi connectivity index (χ0) is 8.19. The first-order valence-electron chi connectivity index (χ1n) is 5.71. The van der Waals surface area contributed by atoms with Crippen LogP contribution in [0, 0.1) is 28.1 Å². The van der Waals surface area contributed by atoms with Gasteiger partial charge in [-0.15, -0.1) is 0 Å². The third-order valence-corrected chi connectivity index (χ3v) is 6.07. The van der Waals surface area contributed by atoms with E-state index in [-0.39, 0.29) is 0 Å². The van der Waals surface area contributed by atoms with Crippen LogP contribution >= 0.6 is 0 Å². The molecule has 0 aromatic heterocycles. The van der Waals surface area contributed by atoms with Crippen LogP contribution in [-0.2, 0) is 0 Å². The molecule has 12 heavy (non-hydrogen) atoms. The van der Waals surface area contributed by atoms with Gasteiger partial charge in [-0.05, 0) is 53.8 Å². The smallest absolute Gasteiger partial charge is 0.0167 e. The van der Waals surface area contributed by atoms with E-state index in [1.54, 1.807) is 25.7 Å². The molecule has 0 amide bonds. The molecule has 5 atom stereocenters. The van der Waals surface area contributed by atoms with Crippen molar-refractivity contribution in [3.63, 3.8) is 0 Å². The predicted octanol–water partition coefficient (Wildman–Crippen LogP) is 3.22. The first-order chi connectivity index (χ1) is 5.71. The summed E-state index contributed by atoms with van der Waals surface area (Å²) in [6.45, 7) is 4.86. The molecule has 3 spiro atoms. The van der Waals surface area contributed by atoms with Crippen molar-refractivity contribution in [2.75, 3.05) is 0 Å². The summed E-state index contributed by atoms with van der Waals surface area (Å²) >= 11 is 0. The van der Waals surface area contributed by atoms with E-state index < -0.39 is 0 Å². The number of hydrogen-bond acceptors (Lipinski definition) is 0. The lowest BCUT2D eigenvalue weighted by Gasteiger charge is -1.92. The highest BCUT2D eigenvalue weighted by Crippen LogP contribution is 3.03. The van der Waals surface area contributed by atoms with Gasteiger partial charge in [0.25, 0.3) is 0 Å². The van der Waals surface area contributed by atoms with Crippen LogP contribution in [0.15, 0.2) is 0 Å². The summed E-state index contributed by atoms with van der Waals surface area (Å²) < 4.78 is 0. The van der Waals surface area contributed by atoms with E-state index in [1.807, 2.05) is 0 Å². The first kappa shape index (κ1) is 6.45. The van der Waals surface area contributed by atoms with Gasteiger partial charge in [0.05, 0.1) is 0 Å². The average Bonchev–Trinajstić information content (AvgIpc) is 2.88. The van der Waals surface area contributed by atoms with Crippen molar-refractivity contribution in [1.29, 1.82) is 0 Å². The minimum atomic E-state index is 0.941. The second-order valence-corrected chi connectivity index (χ2v) is 6.16. The zero-order valence-corrected chi connectivity index (χ0v) is 8.19. The van der Waals surface area contributed by atoms with Gasteiger partial charge in [-0.25, -0.2) is 0 Å². The van der Waals surface area contributed by atoms with E-state index in [4.69, 9.17) is 0 Å². The Hall–Kier alpha value is 0. The molecule has 0 heterocycles. The Kier molecular flexibility index (Phi) is 0.703. The van der Waals surface area contributed by atoms with Crippen LogP contribution in [0.25, 0.3) is 0 Å². The summed E-state index contributed by atoms with van der Waals surface area (Å²) in [5.74, 6) is 2.26. The third-order valence-electron chi connectivity index (χ3n) is 6.07. The molecule has 4 fully saturated rings. The van der Waals surface area contributed by atoms with Crippen LogP contribution in [0.2, 0.25) is 0 Å². The highest BCUT2D eigenvalue weighted by molar-refractivity contribution is 5.45. The molecule has 4 aliphatic carbocycles. The van der Waals surface area contributed by atoms with Gasteiger partial charge < -0.3 is 0 Å².